The van der Waals surface area contributed by atoms with Gasteiger partial charge >= 0.3 is 0 Å². The van der Waals surface area contributed by atoms with E-state index in [0.29, 0.717) is 17.9 Å². The Kier molecular flexibility index (Phi) is 3.27. The number of aromatic hydroxyl groups is 1. The van der Waals surface area contributed by atoms with Gasteiger partial charge in [0.1, 0.15) is 18.1 Å². The van der Waals surface area contributed by atoms with Crippen molar-refractivity contribution in [1.29, 1.82) is 5.26 Å². The van der Waals surface area contributed by atoms with Crippen molar-refractivity contribution in [1.82, 2.24) is 0 Å². The molecular formula is C14H11NO2. The summed E-state index contributed by atoms with van der Waals surface area (Å²) in [6, 6.07) is 15.9. The normalized spacial score (nSPS) is 9.59. The molecule has 0 aliphatic carbocycles. The van der Waals surface area contributed by atoms with E-state index in [4.69, 9.17) is 10.00 Å². The molecule has 0 unspecified atom stereocenters. The highest BCUT2D eigenvalue weighted by Crippen LogP contribution is 2.16. The molecule has 1 N–H and O–H groups in total. The maximum atomic E-state index is 9.29. The predicted molar refractivity (Wildman–Crippen MR) is 63.6 cm³/mol. The third kappa shape index (κ3) is 2.99. The van der Waals surface area contributed by atoms with Crippen LogP contribution in [0.4, 0.5) is 0 Å². The van der Waals surface area contributed by atoms with Gasteiger partial charge in [-0.1, -0.05) is 12.1 Å². The van der Waals surface area contributed by atoms with E-state index in [1.54, 1.807) is 42.5 Å². The van der Waals surface area contributed by atoms with Crippen molar-refractivity contribution in [3.8, 4) is 17.6 Å². The van der Waals surface area contributed by atoms with Crippen molar-refractivity contribution in [2.75, 3.05) is 0 Å². The molecule has 0 bridgehead atoms. The fraction of sp³-hybridized carbons (Fsp3) is 0.0714. The fourth-order valence-corrected chi connectivity index (χ4v) is 1.44. The lowest BCUT2D eigenvalue weighted by Crippen LogP contribution is -1.94. The van der Waals surface area contributed by atoms with E-state index in [2.05, 4.69) is 0 Å². The molecule has 0 atom stereocenters. The number of rotatable bonds is 3. The van der Waals surface area contributed by atoms with Crippen LogP contribution in [0, 0.1) is 11.3 Å². The first-order valence-corrected chi connectivity index (χ1v) is 5.19. The number of nitriles is 1. The van der Waals surface area contributed by atoms with Crippen LogP contribution in [0.1, 0.15) is 11.1 Å². The van der Waals surface area contributed by atoms with Crippen LogP contribution in [-0.2, 0) is 6.61 Å². The van der Waals surface area contributed by atoms with Crippen LogP contribution >= 0.6 is 0 Å². The minimum absolute atomic E-state index is 0.228. The molecule has 0 aliphatic heterocycles. The summed E-state index contributed by atoms with van der Waals surface area (Å²) < 4.78 is 5.53. The number of phenolic OH excluding ortho intramolecular Hbond substituents is 1. The Labute approximate surface area is 99.5 Å². The summed E-state index contributed by atoms with van der Waals surface area (Å²) in [5.74, 6) is 0.929. The molecule has 3 nitrogen and oxygen atoms in total. The first kappa shape index (κ1) is 11.0. The second kappa shape index (κ2) is 5.04. The van der Waals surface area contributed by atoms with Gasteiger partial charge in [-0.25, -0.2) is 0 Å². The molecule has 0 fully saturated rings. The molecule has 0 saturated heterocycles. The van der Waals surface area contributed by atoms with Crippen molar-refractivity contribution < 1.29 is 9.84 Å². The maximum Gasteiger partial charge on any atom is 0.119 e. The van der Waals surface area contributed by atoms with Crippen molar-refractivity contribution in [3.63, 3.8) is 0 Å². The molecule has 0 spiro atoms. The number of benzene rings is 2. The summed E-state index contributed by atoms with van der Waals surface area (Å²) in [6.45, 7) is 0.389. The third-order valence-electron chi connectivity index (χ3n) is 2.30. The maximum absolute atomic E-state index is 9.29. The minimum atomic E-state index is 0.228. The molecule has 3 heteroatoms. The predicted octanol–water partition coefficient (Wildman–Crippen LogP) is 2.84. The molecule has 84 valence electrons. The van der Waals surface area contributed by atoms with E-state index >= 15 is 0 Å². The van der Waals surface area contributed by atoms with E-state index in [9.17, 15) is 5.11 Å². The summed E-state index contributed by atoms with van der Waals surface area (Å²) in [5.41, 5.74) is 1.50. The number of ether oxygens (including phenoxy) is 1. The van der Waals surface area contributed by atoms with E-state index in [1.807, 2.05) is 12.1 Å². The summed E-state index contributed by atoms with van der Waals surface area (Å²) in [7, 11) is 0. The fourth-order valence-electron chi connectivity index (χ4n) is 1.44. The number of nitrogens with zero attached hydrogens (tertiary/aromatic N) is 1. The molecule has 0 amide bonds. The van der Waals surface area contributed by atoms with Crippen molar-refractivity contribution in [3.05, 3.63) is 59.7 Å². The minimum Gasteiger partial charge on any atom is -0.508 e. The van der Waals surface area contributed by atoms with Gasteiger partial charge < -0.3 is 9.84 Å². The van der Waals surface area contributed by atoms with E-state index in [-0.39, 0.29) is 5.75 Å². The highest BCUT2D eigenvalue weighted by molar-refractivity contribution is 5.35. The molecule has 2 aromatic carbocycles. The van der Waals surface area contributed by atoms with E-state index in [1.165, 1.54) is 0 Å². The highest BCUT2D eigenvalue weighted by atomic mass is 16.5. The molecule has 2 aromatic rings. The first-order chi connectivity index (χ1) is 8.28. The van der Waals surface area contributed by atoms with Gasteiger partial charge in [0.25, 0.3) is 0 Å². The van der Waals surface area contributed by atoms with Gasteiger partial charge in [0, 0.05) is 0 Å². The lowest BCUT2D eigenvalue weighted by atomic mass is 10.2. The van der Waals surface area contributed by atoms with E-state index < -0.39 is 0 Å². The standard InChI is InChI=1S/C14H11NO2/c15-9-11-4-6-14(7-5-11)17-10-12-2-1-3-13(16)8-12/h1-8,16H,10H2. The number of hydrogen-bond donors (Lipinski definition) is 1. The van der Waals surface area contributed by atoms with Gasteiger partial charge in [-0.05, 0) is 42.0 Å². The van der Waals surface area contributed by atoms with Crippen LogP contribution in [0.25, 0.3) is 0 Å². The van der Waals surface area contributed by atoms with E-state index in [0.717, 1.165) is 5.56 Å². The lowest BCUT2D eigenvalue weighted by molar-refractivity contribution is 0.305. The Morgan fingerprint density at radius 3 is 2.53 bits per heavy atom. The van der Waals surface area contributed by atoms with Gasteiger partial charge in [0.05, 0.1) is 11.6 Å². The number of phenols is 1. The summed E-state index contributed by atoms with van der Waals surface area (Å²) >= 11 is 0. The second-order valence-corrected chi connectivity index (χ2v) is 3.59. The smallest absolute Gasteiger partial charge is 0.119 e. The van der Waals surface area contributed by atoms with Crippen LogP contribution < -0.4 is 4.74 Å². The van der Waals surface area contributed by atoms with Gasteiger partial charge in [0.2, 0.25) is 0 Å². The quantitative estimate of drug-likeness (QED) is 0.873. The second-order valence-electron chi connectivity index (χ2n) is 3.59. The zero-order chi connectivity index (χ0) is 12.1. The highest BCUT2D eigenvalue weighted by Gasteiger charge is 1.97. The zero-order valence-electron chi connectivity index (χ0n) is 9.13. The van der Waals surface area contributed by atoms with Crippen LogP contribution in [0.5, 0.6) is 11.5 Å². The van der Waals surface area contributed by atoms with Gasteiger partial charge in [0.15, 0.2) is 0 Å². The monoisotopic (exact) mass is 225 g/mol. The molecule has 0 heterocycles. The Balaban J connectivity index is 2.00. The van der Waals surface area contributed by atoms with Crippen molar-refractivity contribution in [2.45, 2.75) is 6.61 Å². The topological polar surface area (TPSA) is 53.2 Å². The zero-order valence-corrected chi connectivity index (χ0v) is 9.13. The molecule has 0 aromatic heterocycles. The average Bonchev–Trinajstić information content (AvgIpc) is 2.37. The Morgan fingerprint density at radius 2 is 1.88 bits per heavy atom. The average molecular weight is 225 g/mol. The molecule has 2 rings (SSSR count). The molecule has 0 aliphatic rings. The third-order valence-corrected chi connectivity index (χ3v) is 2.30. The molecule has 0 saturated carbocycles. The van der Waals surface area contributed by atoms with Crippen LogP contribution in [-0.4, -0.2) is 5.11 Å². The van der Waals surface area contributed by atoms with Crippen molar-refractivity contribution in [2.24, 2.45) is 0 Å². The molecule has 0 radical (unpaired) electrons. The molecular weight excluding hydrogens is 214 g/mol. The van der Waals surface area contributed by atoms with Gasteiger partial charge in [-0.3, -0.25) is 0 Å². The summed E-state index contributed by atoms with van der Waals surface area (Å²) in [4.78, 5) is 0. The van der Waals surface area contributed by atoms with Gasteiger partial charge in [-0.15, -0.1) is 0 Å². The van der Waals surface area contributed by atoms with Crippen LogP contribution in [0.3, 0.4) is 0 Å². The number of hydrogen-bond acceptors (Lipinski definition) is 3. The van der Waals surface area contributed by atoms with Crippen LogP contribution in [0.2, 0.25) is 0 Å². The Bertz CT molecular complexity index is 541. The largest absolute Gasteiger partial charge is 0.508 e. The lowest BCUT2D eigenvalue weighted by Gasteiger charge is -2.06. The first-order valence-electron chi connectivity index (χ1n) is 5.19. The van der Waals surface area contributed by atoms with Gasteiger partial charge in [-0.2, -0.15) is 5.26 Å². The SMILES string of the molecule is N#Cc1ccc(OCc2cccc(O)c2)cc1. The Morgan fingerprint density at radius 1 is 1.12 bits per heavy atom. The summed E-state index contributed by atoms with van der Waals surface area (Å²) in [6.07, 6.45) is 0. The summed E-state index contributed by atoms with van der Waals surface area (Å²) in [5, 5.41) is 17.9. The Hall–Kier alpha value is -2.47. The molecule has 17 heavy (non-hydrogen) atoms. The van der Waals surface area contributed by atoms with Crippen molar-refractivity contribution >= 4 is 0 Å². The van der Waals surface area contributed by atoms with Crippen LogP contribution in [0.15, 0.2) is 48.5 Å².